The molecule has 0 amide bonds. The summed E-state index contributed by atoms with van der Waals surface area (Å²) in [6.07, 6.45) is 3.42. The van der Waals surface area contributed by atoms with Gasteiger partial charge in [-0.25, -0.2) is 0 Å². The van der Waals surface area contributed by atoms with Crippen molar-refractivity contribution in [3.05, 3.63) is 0 Å². The average Bonchev–Trinajstić information content (AvgIpc) is 3.38. The van der Waals surface area contributed by atoms with Gasteiger partial charge in [-0.15, -0.1) is 0 Å². The number of ketones is 7. The lowest BCUT2D eigenvalue weighted by atomic mass is 9.77. The molecule has 28 N–H and O–H groups in total. The van der Waals surface area contributed by atoms with Gasteiger partial charge in [-0.3, -0.25) is 68.5 Å². The molecule has 0 aliphatic rings. The highest BCUT2D eigenvalue weighted by molar-refractivity contribution is 5.97. The van der Waals surface area contributed by atoms with Crippen LogP contribution in [0.1, 0.15) is 156 Å². The van der Waals surface area contributed by atoms with E-state index in [1.54, 1.807) is 13.8 Å². The first kappa shape index (κ1) is 73.6. The molecule has 0 aliphatic heterocycles. The quantitative estimate of drug-likeness (QED) is 0.0199. The fourth-order valence-electron chi connectivity index (χ4n) is 9.57. The highest BCUT2D eigenvalue weighted by atomic mass is 16.2. The predicted molar refractivity (Wildman–Crippen MR) is 322 cm³/mol. The van der Waals surface area contributed by atoms with E-state index in [4.69, 9.17) is 80.3 Å². The topological polar surface area (TPSA) is 570 Å². The van der Waals surface area contributed by atoms with Gasteiger partial charge >= 0.3 is 0 Å². The van der Waals surface area contributed by atoms with E-state index in [0.717, 1.165) is 0 Å². The molecule has 0 aromatic carbocycles. The number of nitrogens with zero attached hydrogens (tertiary/aromatic N) is 7. The number of hydrogen-bond acceptors (Lipinski definition) is 14. The number of guanidine groups is 7. The van der Waals surface area contributed by atoms with Crippen LogP contribution < -0.4 is 80.3 Å². The van der Waals surface area contributed by atoms with Crippen molar-refractivity contribution in [3.63, 3.8) is 0 Å². The molecule has 7 atom stereocenters. The zero-order valence-electron chi connectivity index (χ0n) is 48.5. The van der Waals surface area contributed by atoms with Crippen molar-refractivity contribution in [1.82, 2.24) is 0 Å². The second-order valence-electron chi connectivity index (χ2n) is 21.0. The number of rotatable bonds is 49. The van der Waals surface area contributed by atoms with Crippen LogP contribution in [-0.4, -0.2) is 128 Å². The van der Waals surface area contributed by atoms with Crippen LogP contribution >= 0.6 is 0 Å². The van der Waals surface area contributed by atoms with E-state index in [-0.39, 0.29) is 205 Å². The third-order valence-electron chi connectivity index (χ3n) is 13.9. The number of hydrogen-bond donors (Lipinski definition) is 14. The lowest BCUT2D eigenvalue weighted by molar-refractivity contribution is -0.136. The smallest absolute Gasteiger partial charge is 0.185 e. The molecular formula is C53H101N21O7. The molecule has 28 nitrogen and oxygen atoms in total. The molecule has 0 rings (SSSR count). The van der Waals surface area contributed by atoms with Crippen LogP contribution in [0.15, 0.2) is 34.9 Å². The summed E-state index contributed by atoms with van der Waals surface area (Å²) in [4.78, 5) is 129. The van der Waals surface area contributed by atoms with Crippen LogP contribution in [0, 0.1) is 47.3 Å². The monoisotopic (exact) mass is 1140 g/mol. The first-order valence-corrected chi connectivity index (χ1v) is 28.3. The molecule has 0 saturated heterocycles. The van der Waals surface area contributed by atoms with Crippen molar-refractivity contribution in [2.24, 2.45) is 163 Å². The van der Waals surface area contributed by atoms with E-state index in [1.807, 2.05) is 6.92 Å². The SMILES string of the molecule is CCC(CCCN=C(N)N)C(=O)CC(CCCN=C(N)N)C(=O)CC(CCCN=C(N)N)C(=O)CC(CCCN=C(N)N)C(=O)CC(CCCN=C(N)N)C(=O)CC(CCCN=C(N)N)C(=O)CC(CCCN=C(N)N)C(=O)C(C)C. The second kappa shape index (κ2) is 42.5. The Labute approximate surface area is 478 Å². The summed E-state index contributed by atoms with van der Waals surface area (Å²) in [6.45, 7) is 6.76. The largest absolute Gasteiger partial charge is 0.370 e. The van der Waals surface area contributed by atoms with Crippen molar-refractivity contribution < 1.29 is 33.6 Å². The fourth-order valence-corrected chi connectivity index (χ4v) is 9.57. The molecule has 0 bridgehead atoms. The minimum Gasteiger partial charge on any atom is -0.370 e. The lowest BCUT2D eigenvalue weighted by Gasteiger charge is -2.25. The van der Waals surface area contributed by atoms with Crippen LogP contribution in [-0.2, 0) is 33.6 Å². The van der Waals surface area contributed by atoms with Crippen molar-refractivity contribution in [2.45, 2.75) is 156 Å². The summed E-state index contributed by atoms with van der Waals surface area (Å²) >= 11 is 0. The summed E-state index contributed by atoms with van der Waals surface area (Å²) in [5.41, 5.74) is 78.0. The normalized spacial score (nSPS) is 13.6. The molecule has 7 unspecified atom stereocenters. The Morgan fingerprint density at radius 2 is 0.432 bits per heavy atom. The summed E-state index contributed by atoms with van der Waals surface area (Å²) in [5.74, 6) is -8.88. The molecule has 0 fully saturated rings. The molecule has 0 heterocycles. The van der Waals surface area contributed by atoms with Crippen molar-refractivity contribution in [2.75, 3.05) is 45.8 Å². The number of carbonyl (C=O) groups excluding carboxylic acids is 7. The Balaban J connectivity index is 7.31. The molecule has 28 heteroatoms. The number of Topliss-reactive ketones (excluding diaryl/α,β-unsaturated/α-hetero) is 7. The summed E-state index contributed by atoms with van der Waals surface area (Å²) in [7, 11) is 0. The zero-order valence-corrected chi connectivity index (χ0v) is 48.5. The Kier molecular flexibility index (Phi) is 38.6. The fraction of sp³-hybridized carbons (Fsp3) is 0.736. The summed E-state index contributed by atoms with van der Waals surface area (Å²) < 4.78 is 0. The van der Waals surface area contributed by atoms with Crippen molar-refractivity contribution >= 4 is 82.2 Å². The average molecular weight is 1140 g/mol. The van der Waals surface area contributed by atoms with Crippen LogP contribution in [0.25, 0.3) is 0 Å². The molecule has 0 aromatic heterocycles. The summed E-state index contributed by atoms with van der Waals surface area (Å²) in [6, 6.07) is 0. The minimum atomic E-state index is -0.963. The van der Waals surface area contributed by atoms with Gasteiger partial charge in [0.25, 0.3) is 0 Å². The highest BCUT2D eigenvalue weighted by Crippen LogP contribution is 2.31. The number of nitrogens with two attached hydrogens (primary N) is 14. The Bertz CT molecular complexity index is 2170. The molecule has 0 spiro atoms. The maximum absolute atomic E-state index is 14.8. The first-order chi connectivity index (χ1) is 38.2. The van der Waals surface area contributed by atoms with Gasteiger partial charge in [-0.1, -0.05) is 20.8 Å². The van der Waals surface area contributed by atoms with Gasteiger partial charge in [0.1, 0.15) is 40.5 Å². The highest BCUT2D eigenvalue weighted by Gasteiger charge is 2.35. The van der Waals surface area contributed by atoms with Gasteiger partial charge in [0.15, 0.2) is 41.7 Å². The van der Waals surface area contributed by atoms with Crippen LogP contribution in [0.5, 0.6) is 0 Å². The summed E-state index contributed by atoms with van der Waals surface area (Å²) in [5, 5.41) is 0. The molecule has 0 saturated carbocycles. The van der Waals surface area contributed by atoms with Gasteiger partial charge in [0.2, 0.25) is 0 Å². The Morgan fingerprint density at radius 1 is 0.272 bits per heavy atom. The van der Waals surface area contributed by atoms with E-state index in [0.29, 0.717) is 57.9 Å². The minimum absolute atomic E-state index is 0.0560. The lowest BCUT2D eigenvalue weighted by Crippen LogP contribution is -2.31. The number of aliphatic imine (C=N–C) groups is 7. The molecule has 0 radical (unpaired) electrons. The molecule has 0 aliphatic carbocycles. The molecule has 81 heavy (non-hydrogen) atoms. The van der Waals surface area contributed by atoms with E-state index >= 15 is 0 Å². The van der Waals surface area contributed by atoms with E-state index in [2.05, 4.69) is 34.9 Å². The van der Waals surface area contributed by atoms with Gasteiger partial charge in [-0.05, 0) is 96.3 Å². The second-order valence-corrected chi connectivity index (χ2v) is 21.0. The zero-order chi connectivity index (χ0) is 61.5. The van der Waals surface area contributed by atoms with Gasteiger partial charge in [-0.2, -0.15) is 0 Å². The maximum Gasteiger partial charge on any atom is 0.185 e. The van der Waals surface area contributed by atoms with E-state index in [9.17, 15) is 33.6 Å². The predicted octanol–water partition coefficient (Wildman–Crippen LogP) is -0.935. The van der Waals surface area contributed by atoms with E-state index < -0.39 is 47.1 Å². The molecular weight excluding hydrogens is 1040 g/mol. The maximum atomic E-state index is 14.8. The van der Waals surface area contributed by atoms with Crippen LogP contribution in [0.2, 0.25) is 0 Å². The first-order valence-electron chi connectivity index (χ1n) is 28.3. The van der Waals surface area contributed by atoms with Crippen molar-refractivity contribution in [3.8, 4) is 0 Å². The number of carbonyl (C=O) groups is 7. The van der Waals surface area contributed by atoms with Gasteiger partial charge in [0, 0.05) is 132 Å². The van der Waals surface area contributed by atoms with Crippen molar-refractivity contribution in [1.29, 1.82) is 0 Å². The van der Waals surface area contributed by atoms with E-state index in [1.165, 1.54) is 0 Å². The third-order valence-corrected chi connectivity index (χ3v) is 13.9. The standard InChI is InChI=1S/C53H101N21O7/c1-4-33(12-5-19-68-47(54)55)40(75)26-34(13-6-20-69-48(56)57)41(76)27-35(14-7-21-70-49(58)59)42(77)28-36(15-8-22-71-50(60)61)43(78)29-37(16-9-23-72-51(62)63)44(79)30-38(17-10-24-73-52(64)65)45(80)31-39(46(81)32(2)3)18-11-25-74-53(66)67/h32-39H,4-31H2,1-3H3,(H4,54,55,68)(H4,56,57,69)(H4,58,59,70)(H4,60,61,71)(H4,62,63,72)(H4,64,65,73)(H4,66,67,74). The third kappa shape index (κ3) is 36.5. The van der Waals surface area contributed by atoms with Gasteiger partial charge in [0.05, 0.1) is 0 Å². The Hall–Kier alpha value is -7.42. The molecule has 0 aromatic rings. The Morgan fingerprint density at radius 3 is 0.605 bits per heavy atom. The molecule has 460 valence electrons. The van der Waals surface area contributed by atoms with Crippen LogP contribution in [0.3, 0.4) is 0 Å². The van der Waals surface area contributed by atoms with Crippen LogP contribution in [0.4, 0.5) is 0 Å². The van der Waals surface area contributed by atoms with Gasteiger partial charge < -0.3 is 80.3 Å².